The molecule has 90 valence electrons. The van der Waals surface area contributed by atoms with Gasteiger partial charge in [-0.05, 0) is 24.4 Å². The van der Waals surface area contributed by atoms with Gasteiger partial charge in [-0.15, -0.1) is 0 Å². The largest absolute Gasteiger partial charge is 0.370 e. The van der Waals surface area contributed by atoms with Crippen molar-refractivity contribution in [3.05, 3.63) is 17.0 Å². The minimum Gasteiger partial charge on any atom is -0.370 e. The third-order valence-electron chi connectivity index (χ3n) is 2.34. The van der Waals surface area contributed by atoms with Crippen LogP contribution in [0.4, 0.5) is 5.82 Å². The number of aromatic nitrogens is 2. The van der Waals surface area contributed by atoms with Gasteiger partial charge in [0.1, 0.15) is 5.82 Å². The van der Waals surface area contributed by atoms with Gasteiger partial charge in [0.05, 0.1) is 0 Å². The number of anilines is 1. The molecule has 4 heteroatoms. The van der Waals surface area contributed by atoms with E-state index < -0.39 is 0 Å². The maximum absolute atomic E-state index is 5.86. The first kappa shape index (κ1) is 13.2. The van der Waals surface area contributed by atoms with E-state index in [2.05, 4.69) is 29.1 Å². The summed E-state index contributed by atoms with van der Waals surface area (Å²) in [5.41, 5.74) is 1.01. The smallest absolute Gasteiger partial charge is 0.224 e. The fourth-order valence-electron chi connectivity index (χ4n) is 1.53. The Labute approximate surface area is 103 Å². The Morgan fingerprint density at radius 1 is 1.19 bits per heavy atom. The van der Waals surface area contributed by atoms with E-state index in [1.807, 2.05) is 6.07 Å². The van der Waals surface area contributed by atoms with Gasteiger partial charge in [0.2, 0.25) is 5.28 Å². The van der Waals surface area contributed by atoms with Crippen LogP contribution in [0.15, 0.2) is 6.07 Å². The zero-order valence-corrected chi connectivity index (χ0v) is 10.8. The summed E-state index contributed by atoms with van der Waals surface area (Å²) in [5.74, 6) is 0.847. The first-order chi connectivity index (χ1) is 7.76. The number of nitrogens with zero attached hydrogens (tertiary/aromatic N) is 2. The van der Waals surface area contributed by atoms with Crippen LogP contribution in [0.2, 0.25) is 5.28 Å². The van der Waals surface area contributed by atoms with Crippen LogP contribution in [-0.4, -0.2) is 16.5 Å². The minimum absolute atomic E-state index is 0.337. The highest BCUT2D eigenvalue weighted by Crippen LogP contribution is 2.12. The molecule has 0 radical (unpaired) electrons. The summed E-state index contributed by atoms with van der Waals surface area (Å²) in [4.78, 5) is 8.34. The Balaban J connectivity index is 2.51. The van der Waals surface area contributed by atoms with E-state index >= 15 is 0 Å². The summed E-state index contributed by atoms with van der Waals surface area (Å²) < 4.78 is 0. The van der Waals surface area contributed by atoms with Crippen molar-refractivity contribution in [2.75, 3.05) is 11.9 Å². The Morgan fingerprint density at radius 2 is 2.00 bits per heavy atom. The second-order valence-corrected chi connectivity index (χ2v) is 4.24. The molecule has 0 spiro atoms. The van der Waals surface area contributed by atoms with Crippen LogP contribution in [0.1, 0.15) is 45.2 Å². The lowest BCUT2D eigenvalue weighted by molar-refractivity contribution is 0.741. The monoisotopic (exact) mass is 241 g/mol. The highest BCUT2D eigenvalue weighted by molar-refractivity contribution is 6.28. The molecular weight excluding hydrogens is 222 g/mol. The SMILES string of the molecule is CCCCCNc1cc(CCC)nc(Cl)n1. The van der Waals surface area contributed by atoms with Gasteiger partial charge in [-0.3, -0.25) is 0 Å². The molecule has 0 aliphatic rings. The van der Waals surface area contributed by atoms with Crippen LogP contribution >= 0.6 is 11.6 Å². The molecule has 0 aliphatic heterocycles. The molecule has 1 rings (SSSR count). The summed E-state index contributed by atoms with van der Waals surface area (Å²) in [6.07, 6.45) is 5.66. The van der Waals surface area contributed by atoms with E-state index in [4.69, 9.17) is 11.6 Å². The standard InChI is InChI=1S/C12H20ClN3/c1-3-5-6-8-14-11-9-10(7-4-2)15-12(13)16-11/h9H,3-8H2,1-2H3,(H,14,15,16). The quantitative estimate of drug-likeness (QED) is 0.585. The zero-order valence-electron chi connectivity index (χ0n) is 10.1. The van der Waals surface area contributed by atoms with E-state index in [9.17, 15) is 0 Å². The highest BCUT2D eigenvalue weighted by Gasteiger charge is 2.01. The molecule has 16 heavy (non-hydrogen) atoms. The highest BCUT2D eigenvalue weighted by atomic mass is 35.5. The lowest BCUT2D eigenvalue weighted by Crippen LogP contribution is -2.05. The lowest BCUT2D eigenvalue weighted by Gasteiger charge is -2.07. The predicted molar refractivity (Wildman–Crippen MR) is 69.1 cm³/mol. The van der Waals surface area contributed by atoms with Crippen molar-refractivity contribution in [1.82, 2.24) is 9.97 Å². The van der Waals surface area contributed by atoms with Gasteiger partial charge in [0, 0.05) is 18.3 Å². The Kier molecular flexibility index (Phi) is 6.16. The van der Waals surface area contributed by atoms with Gasteiger partial charge in [0.15, 0.2) is 0 Å². The van der Waals surface area contributed by atoms with Gasteiger partial charge in [-0.2, -0.15) is 0 Å². The van der Waals surface area contributed by atoms with Gasteiger partial charge < -0.3 is 5.32 Å². The third-order valence-corrected chi connectivity index (χ3v) is 2.51. The fourth-order valence-corrected chi connectivity index (χ4v) is 1.73. The summed E-state index contributed by atoms with van der Waals surface area (Å²) in [6.45, 7) is 5.28. The molecule has 0 saturated carbocycles. The molecule has 0 atom stereocenters. The molecular formula is C12H20ClN3. The molecule has 3 nitrogen and oxygen atoms in total. The molecule has 0 amide bonds. The molecule has 0 aromatic carbocycles. The van der Waals surface area contributed by atoms with Crippen molar-refractivity contribution in [3.8, 4) is 0 Å². The van der Waals surface area contributed by atoms with Gasteiger partial charge >= 0.3 is 0 Å². The van der Waals surface area contributed by atoms with Crippen molar-refractivity contribution in [3.63, 3.8) is 0 Å². The maximum Gasteiger partial charge on any atom is 0.224 e. The van der Waals surface area contributed by atoms with Gasteiger partial charge in [-0.25, -0.2) is 9.97 Å². The molecule has 0 saturated heterocycles. The average molecular weight is 242 g/mol. The first-order valence-electron chi connectivity index (χ1n) is 6.03. The Hall–Kier alpha value is -0.830. The topological polar surface area (TPSA) is 37.8 Å². The summed E-state index contributed by atoms with van der Waals surface area (Å²) >= 11 is 5.86. The van der Waals surface area contributed by atoms with E-state index in [1.165, 1.54) is 19.3 Å². The van der Waals surface area contributed by atoms with Crippen LogP contribution in [0, 0.1) is 0 Å². The number of aryl methyl sites for hydroxylation is 1. The second-order valence-electron chi connectivity index (χ2n) is 3.90. The van der Waals surface area contributed by atoms with Crippen molar-refractivity contribution >= 4 is 17.4 Å². The Bertz CT molecular complexity index is 315. The number of hydrogen-bond donors (Lipinski definition) is 1. The van der Waals surface area contributed by atoms with Crippen LogP contribution in [0.3, 0.4) is 0 Å². The molecule has 0 unspecified atom stereocenters. The van der Waals surface area contributed by atoms with Crippen LogP contribution < -0.4 is 5.32 Å². The number of rotatable bonds is 7. The van der Waals surface area contributed by atoms with Crippen LogP contribution in [-0.2, 0) is 6.42 Å². The van der Waals surface area contributed by atoms with Crippen molar-refractivity contribution in [2.45, 2.75) is 46.0 Å². The first-order valence-corrected chi connectivity index (χ1v) is 6.41. The predicted octanol–water partition coefficient (Wildman–Crippen LogP) is 3.68. The maximum atomic E-state index is 5.86. The minimum atomic E-state index is 0.337. The molecule has 0 bridgehead atoms. The number of nitrogens with one attached hydrogen (secondary N) is 1. The molecule has 1 heterocycles. The van der Waals surface area contributed by atoms with Crippen LogP contribution in [0.5, 0.6) is 0 Å². The van der Waals surface area contributed by atoms with Gasteiger partial charge in [0.25, 0.3) is 0 Å². The van der Waals surface area contributed by atoms with E-state index in [1.54, 1.807) is 0 Å². The summed E-state index contributed by atoms with van der Waals surface area (Å²) in [6, 6.07) is 1.99. The number of halogens is 1. The molecule has 1 N–H and O–H groups in total. The summed E-state index contributed by atoms with van der Waals surface area (Å²) in [7, 11) is 0. The van der Waals surface area contributed by atoms with Crippen molar-refractivity contribution in [2.24, 2.45) is 0 Å². The van der Waals surface area contributed by atoms with E-state index in [0.29, 0.717) is 5.28 Å². The molecule has 1 aromatic rings. The Morgan fingerprint density at radius 3 is 2.69 bits per heavy atom. The normalized spacial score (nSPS) is 10.4. The van der Waals surface area contributed by atoms with Crippen LogP contribution in [0.25, 0.3) is 0 Å². The molecule has 0 fully saturated rings. The zero-order chi connectivity index (χ0) is 11.8. The molecule has 1 aromatic heterocycles. The lowest BCUT2D eigenvalue weighted by atomic mass is 10.2. The fraction of sp³-hybridized carbons (Fsp3) is 0.667. The number of hydrogen-bond acceptors (Lipinski definition) is 3. The van der Waals surface area contributed by atoms with E-state index in [-0.39, 0.29) is 0 Å². The van der Waals surface area contributed by atoms with Gasteiger partial charge in [-0.1, -0.05) is 33.1 Å². The average Bonchev–Trinajstić information content (AvgIpc) is 2.24. The third kappa shape index (κ3) is 4.79. The second kappa shape index (κ2) is 7.44. The summed E-state index contributed by atoms with van der Waals surface area (Å²) in [5, 5.41) is 3.62. The number of unbranched alkanes of at least 4 members (excludes halogenated alkanes) is 2. The van der Waals surface area contributed by atoms with E-state index in [0.717, 1.165) is 30.9 Å². The van der Waals surface area contributed by atoms with Crippen molar-refractivity contribution < 1.29 is 0 Å². The molecule has 0 aliphatic carbocycles. The van der Waals surface area contributed by atoms with Crippen molar-refractivity contribution in [1.29, 1.82) is 0 Å².